The van der Waals surface area contributed by atoms with E-state index in [9.17, 15) is 4.79 Å². The third-order valence-corrected chi connectivity index (χ3v) is 3.78. The number of ketones is 1. The second kappa shape index (κ2) is 4.65. The van der Waals surface area contributed by atoms with Crippen molar-refractivity contribution in [3.05, 3.63) is 0 Å². The van der Waals surface area contributed by atoms with Gasteiger partial charge in [-0.1, -0.05) is 20.3 Å². The second-order valence-corrected chi connectivity index (χ2v) is 5.87. The molecule has 1 rings (SSSR count). The van der Waals surface area contributed by atoms with Gasteiger partial charge in [0.15, 0.2) is 0 Å². The molecule has 0 aliphatic heterocycles. The fourth-order valence-electron chi connectivity index (χ4n) is 2.33. The van der Waals surface area contributed by atoms with Crippen LogP contribution in [0, 0.1) is 11.3 Å². The lowest BCUT2D eigenvalue weighted by molar-refractivity contribution is -0.135. The van der Waals surface area contributed by atoms with Crippen molar-refractivity contribution in [2.75, 3.05) is 13.6 Å². The normalized spacial score (nSPS) is 26.3. The Hall–Kier alpha value is -0.370. The molecule has 0 radical (unpaired) electrons. The first-order valence-corrected chi connectivity index (χ1v) is 6.09. The number of nitrogens with zero attached hydrogens (tertiary/aromatic N) is 1. The molecular weight excluding hydrogens is 186 g/mol. The van der Waals surface area contributed by atoms with Gasteiger partial charge in [-0.3, -0.25) is 4.79 Å². The predicted octanol–water partition coefficient (Wildman–Crippen LogP) is 2.72. The molecule has 0 bridgehead atoms. The van der Waals surface area contributed by atoms with Crippen molar-refractivity contribution < 1.29 is 4.79 Å². The van der Waals surface area contributed by atoms with Crippen LogP contribution in [0.15, 0.2) is 0 Å². The largest absolute Gasteiger partial charge is 0.303 e. The highest BCUT2D eigenvalue weighted by Crippen LogP contribution is 2.35. The van der Waals surface area contributed by atoms with E-state index < -0.39 is 0 Å². The molecule has 2 nitrogen and oxygen atoms in total. The van der Waals surface area contributed by atoms with Gasteiger partial charge < -0.3 is 4.90 Å². The molecule has 1 aliphatic carbocycles. The molecule has 0 N–H and O–H groups in total. The minimum absolute atomic E-state index is 0.0826. The number of hydrogen-bond acceptors (Lipinski definition) is 2. The lowest BCUT2D eigenvalue weighted by atomic mass is 9.71. The van der Waals surface area contributed by atoms with Gasteiger partial charge in [-0.2, -0.15) is 0 Å². The van der Waals surface area contributed by atoms with Gasteiger partial charge in [0.25, 0.3) is 0 Å². The van der Waals surface area contributed by atoms with Gasteiger partial charge in [0.05, 0.1) is 0 Å². The Morgan fingerprint density at radius 3 is 2.60 bits per heavy atom. The van der Waals surface area contributed by atoms with Gasteiger partial charge >= 0.3 is 0 Å². The molecule has 15 heavy (non-hydrogen) atoms. The Morgan fingerprint density at radius 1 is 1.47 bits per heavy atom. The predicted molar refractivity (Wildman–Crippen MR) is 63.9 cm³/mol. The van der Waals surface area contributed by atoms with Gasteiger partial charge in [-0.15, -0.1) is 0 Å². The highest BCUT2D eigenvalue weighted by Gasteiger charge is 2.37. The number of carbonyl (C=O) groups excluding carboxylic acids is 1. The molecule has 88 valence electrons. The fourth-order valence-corrected chi connectivity index (χ4v) is 2.33. The van der Waals surface area contributed by atoms with Gasteiger partial charge in [0.2, 0.25) is 0 Å². The van der Waals surface area contributed by atoms with E-state index in [1.807, 2.05) is 0 Å². The minimum Gasteiger partial charge on any atom is -0.303 e. The monoisotopic (exact) mass is 211 g/mol. The fraction of sp³-hybridized carbons (Fsp3) is 0.923. The zero-order valence-corrected chi connectivity index (χ0v) is 10.8. The molecule has 1 unspecified atom stereocenters. The molecule has 0 aromatic rings. The van der Waals surface area contributed by atoms with Crippen molar-refractivity contribution in [2.45, 2.75) is 53.0 Å². The van der Waals surface area contributed by atoms with Crippen LogP contribution in [0.4, 0.5) is 0 Å². The quantitative estimate of drug-likeness (QED) is 0.715. The van der Waals surface area contributed by atoms with Gasteiger partial charge in [-0.25, -0.2) is 0 Å². The molecule has 1 fully saturated rings. The molecular formula is C13H25NO. The van der Waals surface area contributed by atoms with Gasteiger partial charge in [0, 0.05) is 23.9 Å². The summed E-state index contributed by atoms with van der Waals surface area (Å²) in [6, 6.07) is 0.530. The molecule has 0 saturated heterocycles. The summed E-state index contributed by atoms with van der Waals surface area (Å²) in [6.45, 7) is 9.48. The molecule has 1 aliphatic rings. The van der Waals surface area contributed by atoms with E-state index in [-0.39, 0.29) is 11.3 Å². The summed E-state index contributed by atoms with van der Waals surface area (Å²) >= 11 is 0. The Labute approximate surface area is 94.0 Å². The van der Waals surface area contributed by atoms with Crippen molar-refractivity contribution >= 4 is 5.78 Å². The van der Waals surface area contributed by atoms with E-state index in [0.717, 1.165) is 19.4 Å². The van der Waals surface area contributed by atoms with Crippen LogP contribution < -0.4 is 0 Å². The first-order valence-electron chi connectivity index (χ1n) is 6.09. The molecule has 0 aromatic carbocycles. The summed E-state index contributed by atoms with van der Waals surface area (Å²) in [5, 5.41) is 0. The summed E-state index contributed by atoms with van der Waals surface area (Å²) in [6.07, 6.45) is 3.35. The summed E-state index contributed by atoms with van der Waals surface area (Å²) in [7, 11) is 2.11. The van der Waals surface area contributed by atoms with Crippen molar-refractivity contribution in [3.8, 4) is 0 Å². The maximum atomic E-state index is 12.2. The van der Waals surface area contributed by atoms with Crippen LogP contribution in [-0.2, 0) is 4.79 Å². The average Bonchev–Trinajstić information content (AvgIpc) is 2.12. The van der Waals surface area contributed by atoms with E-state index in [2.05, 4.69) is 39.6 Å². The van der Waals surface area contributed by atoms with Crippen LogP contribution in [0.1, 0.15) is 47.0 Å². The van der Waals surface area contributed by atoms with Crippen LogP contribution in [0.2, 0.25) is 0 Å². The highest BCUT2D eigenvalue weighted by molar-refractivity contribution is 5.87. The van der Waals surface area contributed by atoms with Gasteiger partial charge in [-0.05, 0) is 33.7 Å². The first kappa shape index (κ1) is 12.7. The molecule has 0 spiro atoms. The number of hydrogen-bond donors (Lipinski definition) is 0. The third-order valence-electron chi connectivity index (χ3n) is 3.78. The van der Waals surface area contributed by atoms with E-state index in [0.29, 0.717) is 11.8 Å². The average molecular weight is 211 g/mol. The smallest absolute Gasteiger partial charge is 0.142 e. The van der Waals surface area contributed by atoms with Crippen LogP contribution in [0.25, 0.3) is 0 Å². The van der Waals surface area contributed by atoms with E-state index in [1.165, 1.54) is 6.42 Å². The molecule has 0 aromatic heterocycles. The van der Waals surface area contributed by atoms with E-state index in [1.54, 1.807) is 0 Å². The van der Waals surface area contributed by atoms with E-state index >= 15 is 0 Å². The Balaban J connectivity index is 2.59. The number of rotatable bonds is 3. The number of Topliss-reactive ketones (excluding diaryl/α,β-unsaturated/α-hetero) is 1. The second-order valence-electron chi connectivity index (χ2n) is 5.87. The number of carbonyl (C=O) groups is 1. The molecule has 0 heterocycles. The summed E-state index contributed by atoms with van der Waals surface area (Å²) in [4.78, 5) is 14.5. The minimum atomic E-state index is -0.0826. The lowest BCUT2D eigenvalue weighted by Gasteiger charge is -2.36. The maximum absolute atomic E-state index is 12.2. The topological polar surface area (TPSA) is 20.3 Å². The Kier molecular flexibility index (Phi) is 3.93. The molecule has 1 saturated carbocycles. The van der Waals surface area contributed by atoms with Crippen molar-refractivity contribution in [1.82, 2.24) is 4.90 Å². The molecule has 0 amide bonds. The van der Waals surface area contributed by atoms with Crippen LogP contribution in [-0.4, -0.2) is 30.3 Å². The summed E-state index contributed by atoms with van der Waals surface area (Å²) < 4.78 is 0. The first-order chi connectivity index (χ1) is 6.84. The standard InChI is InChI=1S/C13H25NO/c1-10(2)14(5)9-11-7-6-8-13(3,4)12(11)15/h10-11H,6-9H2,1-5H3. The highest BCUT2D eigenvalue weighted by atomic mass is 16.1. The summed E-state index contributed by atoms with van der Waals surface area (Å²) in [5.41, 5.74) is -0.0826. The van der Waals surface area contributed by atoms with Crippen LogP contribution in [0.3, 0.4) is 0 Å². The zero-order chi connectivity index (χ0) is 11.6. The third kappa shape index (κ3) is 3.04. The molecule has 1 atom stereocenters. The van der Waals surface area contributed by atoms with Crippen LogP contribution in [0.5, 0.6) is 0 Å². The van der Waals surface area contributed by atoms with Gasteiger partial charge in [0.1, 0.15) is 5.78 Å². The van der Waals surface area contributed by atoms with Crippen molar-refractivity contribution in [2.24, 2.45) is 11.3 Å². The zero-order valence-electron chi connectivity index (χ0n) is 10.8. The Morgan fingerprint density at radius 2 is 2.07 bits per heavy atom. The van der Waals surface area contributed by atoms with Crippen molar-refractivity contribution in [3.63, 3.8) is 0 Å². The Bertz CT molecular complexity index is 233. The lowest BCUT2D eigenvalue weighted by Crippen LogP contribution is -2.42. The van der Waals surface area contributed by atoms with E-state index in [4.69, 9.17) is 0 Å². The SMILES string of the molecule is CC(C)N(C)CC1CCCC(C)(C)C1=O. The van der Waals surface area contributed by atoms with Crippen molar-refractivity contribution in [1.29, 1.82) is 0 Å². The summed E-state index contributed by atoms with van der Waals surface area (Å²) in [5.74, 6) is 0.738. The maximum Gasteiger partial charge on any atom is 0.142 e. The van der Waals surface area contributed by atoms with Crippen LogP contribution >= 0.6 is 0 Å². The molecule has 2 heteroatoms.